The van der Waals surface area contributed by atoms with Gasteiger partial charge < -0.3 is 14.6 Å². The molecule has 142 valence electrons. The van der Waals surface area contributed by atoms with Crippen LogP contribution in [-0.4, -0.2) is 52.7 Å². The number of piperidine rings is 1. The summed E-state index contributed by atoms with van der Waals surface area (Å²) in [4.78, 5) is 11.4. The van der Waals surface area contributed by atoms with Crippen LogP contribution >= 0.6 is 0 Å². The number of nitrogens with zero attached hydrogens (tertiary/aromatic N) is 8. The average molecular weight is 368 g/mol. The Labute approximate surface area is 157 Å². The van der Waals surface area contributed by atoms with Crippen LogP contribution in [-0.2, 0) is 20.1 Å². The summed E-state index contributed by atoms with van der Waals surface area (Å²) >= 11 is 0. The highest BCUT2D eigenvalue weighted by molar-refractivity contribution is 5.44. The predicted octanol–water partition coefficient (Wildman–Crippen LogP) is 1.05. The molecule has 4 heterocycles. The second-order valence-electron chi connectivity index (χ2n) is 6.97. The molecular formula is C18H24N8O. The molecule has 0 amide bonds. The van der Waals surface area contributed by atoms with E-state index in [1.54, 1.807) is 10.9 Å². The number of aryl methyl sites for hydroxylation is 1. The molecule has 0 aromatic carbocycles. The second-order valence-corrected chi connectivity index (χ2v) is 6.97. The van der Waals surface area contributed by atoms with E-state index in [1.165, 1.54) is 0 Å². The van der Waals surface area contributed by atoms with Crippen LogP contribution in [0.4, 0.5) is 5.82 Å². The SMILES string of the molecule is Cc1nc(N2CCC(Cc3nnc(CO)n3C)CC2)cc(-n2cccn2)n1. The van der Waals surface area contributed by atoms with Crippen molar-refractivity contribution in [2.75, 3.05) is 18.0 Å². The third kappa shape index (κ3) is 3.68. The van der Waals surface area contributed by atoms with Crippen molar-refractivity contribution < 1.29 is 5.11 Å². The van der Waals surface area contributed by atoms with Gasteiger partial charge in [-0.1, -0.05) is 0 Å². The fraction of sp³-hybridized carbons (Fsp3) is 0.500. The van der Waals surface area contributed by atoms with Gasteiger partial charge in [-0.25, -0.2) is 14.6 Å². The third-order valence-electron chi connectivity index (χ3n) is 5.16. The van der Waals surface area contributed by atoms with Gasteiger partial charge in [0.15, 0.2) is 11.6 Å². The van der Waals surface area contributed by atoms with E-state index in [0.717, 1.165) is 55.6 Å². The van der Waals surface area contributed by atoms with Crippen molar-refractivity contribution in [2.24, 2.45) is 13.0 Å². The highest BCUT2D eigenvalue weighted by Gasteiger charge is 2.23. The Morgan fingerprint density at radius 3 is 2.52 bits per heavy atom. The van der Waals surface area contributed by atoms with Gasteiger partial charge >= 0.3 is 0 Å². The number of anilines is 1. The van der Waals surface area contributed by atoms with Crippen molar-refractivity contribution in [3.05, 3.63) is 42.0 Å². The van der Waals surface area contributed by atoms with Gasteiger partial charge in [-0.2, -0.15) is 5.10 Å². The zero-order chi connectivity index (χ0) is 18.8. The highest BCUT2D eigenvalue weighted by Crippen LogP contribution is 2.25. The van der Waals surface area contributed by atoms with Gasteiger partial charge in [-0.05, 0) is 31.7 Å². The van der Waals surface area contributed by atoms with Gasteiger partial charge in [0.1, 0.15) is 24.1 Å². The molecule has 1 N–H and O–H groups in total. The molecule has 1 aliphatic rings. The van der Waals surface area contributed by atoms with Crippen LogP contribution < -0.4 is 4.90 Å². The lowest BCUT2D eigenvalue weighted by atomic mass is 9.93. The van der Waals surface area contributed by atoms with Crippen LogP contribution in [0.15, 0.2) is 24.5 Å². The molecule has 1 fully saturated rings. The molecule has 0 atom stereocenters. The summed E-state index contributed by atoms with van der Waals surface area (Å²) in [6.07, 6.45) is 6.66. The Balaban J connectivity index is 1.42. The summed E-state index contributed by atoms with van der Waals surface area (Å²) in [6, 6.07) is 3.88. The maximum Gasteiger partial charge on any atom is 0.159 e. The quantitative estimate of drug-likeness (QED) is 0.719. The molecule has 0 unspecified atom stereocenters. The zero-order valence-electron chi connectivity index (χ0n) is 15.7. The monoisotopic (exact) mass is 368 g/mol. The van der Waals surface area contributed by atoms with Crippen LogP contribution in [0.5, 0.6) is 0 Å². The maximum absolute atomic E-state index is 9.26. The lowest BCUT2D eigenvalue weighted by molar-refractivity contribution is 0.266. The van der Waals surface area contributed by atoms with Crippen molar-refractivity contribution in [1.29, 1.82) is 0 Å². The van der Waals surface area contributed by atoms with Crippen LogP contribution in [0.25, 0.3) is 5.82 Å². The minimum absolute atomic E-state index is 0.0758. The zero-order valence-corrected chi connectivity index (χ0v) is 15.7. The first-order valence-corrected chi connectivity index (χ1v) is 9.22. The van der Waals surface area contributed by atoms with E-state index in [9.17, 15) is 5.11 Å². The molecule has 1 saturated heterocycles. The normalized spacial score (nSPS) is 15.4. The maximum atomic E-state index is 9.26. The fourth-order valence-electron chi connectivity index (χ4n) is 3.56. The van der Waals surface area contributed by atoms with Crippen LogP contribution in [0.3, 0.4) is 0 Å². The summed E-state index contributed by atoms with van der Waals surface area (Å²) in [5.74, 6) is 4.61. The van der Waals surface area contributed by atoms with Crippen molar-refractivity contribution in [3.8, 4) is 5.82 Å². The van der Waals surface area contributed by atoms with Gasteiger partial charge in [-0.15, -0.1) is 10.2 Å². The van der Waals surface area contributed by atoms with Crippen LogP contribution in [0.1, 0.15) is 30.3 Å². The van der Waals surface area contributed by atoms with E-state index < -0.39 is 0 Å². The molecule has 9 nitrogen and oxygen atoms in total. The molecule has 3 aromatic rings. The fourth-order valence-corrected chi connectivity index (χ4v) is 3.56. The van der Waals surface area contributed by atoms with E-state index in [0.29, 0.717) is 11.7 Å². The lowest BCUT2D eigenvalue weighted by Crippen LogP contribution is -2.35. The topological polar surface area (TPSA) is 97.8 Å². The first kappa shape index (κ1) is 17.6. The van der Waals surface area contributed by atoms with E-state index in [-0.39, 0.29) is 6.61 Å². The second kappa shape index (κ2) is 7.43. The number of rotatable bonds is 5. The van der Waals surface area contributed by atoms with Crippen LogP contribution in [0, 0.1) is 12.8 Å². The standard InChI is InChI=1S/C18H24N8O/c1-13-20-15(11-16(21-13)26-7-3-6-19-26)25-8-4-14(5-9-25)10-17-22-23-18(12-27)24(17)2/h3,6-7,11,14,27H,4-5,8-10,12H2,1-2H3. The summed E-state index contributed by atoms with van der Waals surface area (Å²) in [6.45, 7) is 3.73. The number of aromatic nitrogens is 7. The molecule has 0 bridgehead atoms. The van der Waals surface area contributed by atoms with Crippen molar-refractivity contribution >= 4 is 5.82 Å². The van der Waals surface area contributed by atoms with Crippen molar-refractivity contribution in [2.45, 2.75) is 32.8 Å². The van der Waals surface area contributed by atoms with Gasteiger partial charge in [-0.3, -0.25) is 0 Å². The number of aliphatic hydroxyl groups is 1. The van der Waals surface area contributed by atoms with Crippen molar-refractivity contribution in [3.63, 3.8) is 0 Å². The van der Waals surface area contributed by atoms with Gasteiger partial charge in [0.05, 0.1) is 0 Å². The Bertz CT molecular complexity index is 896. The van der Waals surface area contributed by atoms with Gasteiger partial charge in [0.25, 0.3) is 0 Å². The molecule has 0 radical (unpaired) electrons. The smallest absolute Gasteiger partial charge is 0.159 e. The van der Waals surface area contributed by atoms with Gasteiger partial charge in [0, 0.05) is 45.0 Å². The van der Waals surface area contributed by atoms with E-state index >= 15 is 0 Å². The van der Waals surface area contributed by atoms with Gasteiger partial charge in [0.2, 0.25) is 0 Å². The summed E-state index contributed by atoms with van der Waals surface area (Å²) < 4.78 is 3.66. The number of hydrogen-bond donors (Lipinski definition) is 1. The minimum atomic E-state index is -0.0758. The Morgan fingerprint density at radius 1 is 1.11 bits per heavy atom. The number of hydrogen-bond acceptors (Lipinski definition) is 7. The molecule has 0 aliphatic carbocycles. The Morgan fingerprint density at radius 2 is 1.85 bits per heavy atom. The summed E-state index contributed by atoms with van der Waals surface area (Å²) in [5, 5.41) is 21.8. The van der Waals surface area contributed by atoms with E-state index in [2.05, 4.69) is 30.2 Å². The molecule has 9 heteroatoms. The van der Waals surface area contributed by atoms with Crippen molar-refractivity contribution in [1.82, 2.24) is 34.5 Å². The van der Waals surface area contributed by atoms with Crippen LogP contribution in [0.2, 0.25) is 0 Å². The van der Waals surface area contributed by atoms with E-state index in [4.69, 9.17) is 0 Å². The third-order valence-corrected chi connectivity index (χ3v) is 5.16. The average Bonchev–Trinajstić information content (AvgIpc) is 3.33. The highest BCUT2D eigenvalue weighted by atomic mass is 16.3. The lowest BCUT2D eigenvalue weighted by Gasteiger charge is -2.32. The minimum Gasteiger partial charge on any atom is -0.388 e. The Hall–Kier alpha value is -2.81. The Kier molecular flexibility index (Phi) is 4.85. The van der Waals surface area contributed by atoms with E-state index in [1.807, 2.05) is 36.9 Å². The summed E-state index contributed by atoms with van der Waals surface area (Å²) in [5.41, 5.74) is 0. The molecule has 1 aliphatic heterocycles. The largest absolute Gasteiger partial charge is 0.388 e. The first-order chi connectivity index (χ1) is 13.1. The number of aliphatic hydroxyl groups excluding tert-OH is 1. The molecule has 0 saturated carbocycles. The summed E-state index contributed by atoms with van der Waals surface area (Å²) in [7, 11) is 1.91. The molecule has 3 aromatic heterocycles. The molecular weight excluding hydrogens is 344 g/mol. The predicted molar refractivity (Wildman–Crippen MR) is 99.5 cm³/mol. The molecule has 4 rings (SSSR count). The molecule has 0 spiro atoms. The molecule has 27 heavy (non-hydrogen) atoms. The first-order valence-electron chi connectivity index (χ1n) is 9.22.